The Hall–Kier alpha value is -2.50. The van der Waals surface area contributed by atoms with Crippen LogP contribution in [-0.4, -0.2) is 42.9 Å². The molecule has 0 radical (unpaired) electrons. The quantitative estimate of drug-likeness (QED) is 0.653. The number of rotatable bonds is 4. The minimum absolute atomic E-state index is 0.0437. The van der Waals surface area contributed by atoms with Crippen LogP contribution in [0.25, 0.3) is 11.0 Å². The number of hydrogen-bond acceptors (Lipinski definition) is 3. The molecular formula is C20H28N4O2. The summed E-state index contributed by atoms with van der Waals surface area (Å²) in [5.74, 6) is 1.91. The zero-order valence-electron chi connectivity index (χ0n) is 16.0. The number of likely N-dealkylation sites (tertiary alicyclic amines) is 1. The fourth-order valence-corrected chi connectivity index (χ4v) is 3.39. The van der Waals surface area contributed by atoms with Crippen molar-refractivity contribution in [3.05, 3.63) is 35.6 Å². The topological polar surface area (TPSA) is 69.9 Å². The molecular weight excluding hydrogens is 328 g/mol. The van der Waals surface area contributed by atoms with Gasteiger partial charge in [0.2, 0.25) is 5.91 Å². The minimum Gasteiger partial charge on any atom is -0.459 e. The monoisotopic (exact) mass is 356 g/mol. The molecule has 1 aromatic heterocycles. The molecule has 1 atom stereocenters. The lowest BCUT2D eigenvalue weighted by Crippen LogP contribution is -2.45. The van der Waals surface area contributed by atoms with Crippen LogP contribution < -0.4 is 10.6 Å². The van der Waals surface area contributed by atoms with Crippen molar-refractivity contribution < 1.29 is 9.21 Å². The first-order valence-corrected chi connectivity index (χ1v) is 9.22. The number of furan rings is 1. The van der Waals surface area contributed by atoms with Crippen molar-refractivity contribution in [2.75, 3.05) is 20.1 Å². The highest BCUT2D eigenvalue weighted by Crippen LogP contribution is 2.24. The summed E-state index contributed by atoms with van der Waals surface area (Å²) in [6, 6.07) is 8.28. The Balaban J connectivity index is 1.57. The van der Waals surface area contributed by atoms with Crippen molar-refractivity contribution in [1.82, 2.24) is 15.5 Å². The van der Waals surface area contributed by atoms with Crippen LogP contribution in [0, 0.1) is 12.8 Å². The molecule has 0 spiro atoms. The van der Waals surface area contributed by atoms with Crippen LogP contribution in [0.15, 0.2) is 33.7 Å². The van der Waals surface area contributed by atoms with Gasteiger partial charge in [0.15, 0.2) is 5.96 Å². The highest BCUT2D eigenvalue weighted by molar-refractivity contribution is 5.83. The van der Waals surface area contributed by atoms with E-state index in [2.05, 4.69) is 28.6 Å². The van der Waals surface area contributed by atoms with Crippen molar-refractivity contribution in [1.29, 1.82) is 0 Å². The fourth-order valence-electron chi connectivity index (χ4n) is 3.39. The zero-order valence-corrected chi connectivity index (χ0v) is 16.0. The first kappa shape index (κ1) is 18.3. The molecule has 1 aliphatic heterocycles. The van der Waals surface area contributed by atoms with Crippen LogP contribution in [0.1, 0.15) is 31.6 Å². The molecule has 26 heavy (non-hydrogen) atoms. The van der Waals surface area contributed by atoms with E-state index >= 15 is 0 Å². The Morgan fingerprint density at radius 1 is 1.38 bits per heavy atom. The van der Waals surface area contributed by atoms with E-state index in [-0.39, 0.29) is 17.9 Å². The second-order valence-electron chi connectivity index (χ2n) is 7.14. The first-order chi connectivity index (χ1) is 12.5. The number of carbonyl (C=O) groups excluding carboxylic acids is 1. The van der Waals surface area contributed by atoms with E-state index in [9.17, 15) is 4.79 Å². The van der Waals surface area contributed by atoms with E-state index in [1.54, 1.807) is 7.05 Å². The van der Waals surface area contributed by atoms with E-state index in [1.807, 2.05) is 36.9 Å². The largest absolute Gasteiger partial charge is 0.459 e. The summed E-state index contributed by atoms with van der Waals surface area (Å²) in [6.07, 6.45) is 0.933. The number of para-hydroxylation sites is 1. The minimum atomic E-state index is 0.0437. The van der Waals surface area contributed by atoms with Gasteiger partial charge in [0.1, 0.15) is 11.3 Å². The molecule has 6 heteroatoms. The van der Waals surface area contributed by atoms with Crippen molar-refractivity contribution >= 4 is 22.8 Å². The van der Waals surface area contributed by atoms with Crippen LogP contribution in [0.2, 0.25) is 0 Å². The number of guanidine groups is 1. The smallest absolute Gasteiger partial charge is 0.225 e. The maximum absolute atomic E-state index is 12.1. The molecule has 140 valence electrons. The molecule has 0 aliphatic carbocycles. The number of nitrogens with one attached hydrogen (secondary N) is 2. The van der Waals surface area contributed by atoms with Crippen molar-refractivity contribution in [2.45, 2.75) is 39.8 Å². The summed E-state index contributed by atoms with van der Waals surface area (Å²) in [5.41, 5.74) is 2.06. The molecule has 1 aliphatic rings. The highest BCUT2D eigenvalue weighted by atomic mass is 16.3. The van der Waals surface area contributed by atoms with Gasteiger partial charge in [-0.1, -0.05) is 32.0 Å². The summed E-state index contributed by atoms with van der Waals surface area (Å²) in [7, 11) is 1.76. The number of nitrogens with zero attached hydrogens (tertiary/aromatic N) is 2. The Morgan fingerprint density at radius 3 is 2.85 bits per heavy atom. The van der Waals surface area contributed by atoms with Crippen LogP contribution in [0.4, 0.5) is 0 Å². The van der Waals surface area contributed by atoms with Gasteiger partial charge in [-0.2, -0.15) is 0 Å². The third-order valence-electron chi connectivity index (χ3n) is 4.92. The molecule has 1 aromatic carbocycles. The average Bonchev–Trinajstić information content (AvgIpc) is 3.23. The van der Waals surface area contributed by atoms with Gasteiger partial charge >= 0.3 is 0 Å². The Labute approximate surface area is 154 Å². The number of aryl methyl sites for hydroxylation is 1. The molecule has 3 rings (SSSR count). The molecule has 2 heterocycles. The van der Waals surface area contributed by atoms with Crippen LogP contribution in [-0.2, 0) is 11.3 Å². The molecule has 6 nitrogen and oxygen atoms in total. The van der Waals surface area contributed by atoms with Gasteiger partial charge < -0.3 is 20.0 Å². The second kappa shape index (κ2) is 7.81. The molecule has 1 unspecified atom stereocenters. The van der Waals surface area contributed by atoms with Crippen molar-refractivity contribution in [2.24, 2.45) is 10.9 Å². The maximum Gasteiger partial charge on any atom is 0.225 e. The first-order valence-electron chi connectivity index (χ1n) is 9.22. The maximum atomic E-state index is 12.1. The van der Waals surface area contributed by atoms with Gasteiger partial charge in [-0.25, -0.2) is 0 Å². The van der Waals surface area contributed by atoms with E-state index in [4.69, 9.17) is 4.42 Å². The van der Waals surface area contributed by atoms with E-state index in [0.29, 0.717) is 6.54 Å². The molecule has 1 amide bonds. The number of aliphatic imine (C=N–C) groups is 1. The summed E-state index contributed by atoms with van der Waals surface area (Å²) >= 11 is 0. The average molecular weight is 356 g/mol. The van der Waals surface area contributed by atoms with Crippen LogP contribution in [0.3, 0.4) is 0 Å². The van der Waals surface area contributed by atoms with E-state index in [0.717, 1.165) is 47.8 Å². The molecule has 0 bridgehead atoms. The predicted molar refractivity (Wildman–Crippen MR) is 104 cm³/mol. The zero-order chi connectivity index (χ0) is 18.7. The van der Waals surface area contributed by atoms with Gasteiger partial charge in [0.05, 0.1) is 6.54 Å². The Kier molecular flexibility index (Phi) is 5.49. The fraction of sp³-hybridized carbons (Fsp3) is 0.500. The lowest BCUT2D eigenvalue weighted by atomic mass is 10.1. The van der Waals surface area contributed by atoms with Gasteiger partial charge in [-0.15, -0.1) is 0 Å². The summed E-state index contributed by atoms with van der Waals surface area (Å²) in [4.78, 5) is 18.4. The molecule has 2 N–H and O–H groups in total. The van der Waals surface area contributed by atoms with E-state index < -0.39 is 0 Å². The van der Waals surface area contributed by atoms with Gasteiger partial charge in [-0.05, 0) is 19.4 Å². The van der Waals surface area contributed by atoms with Crippen molar-refractivity contribution in [3.63, 3.8) is 0 Å². The number of carbonyl (C=O) groups is 1. The number of hydrogen-bond donors (Lipinski definition) is 2. The lowest BCUT2D eigenvalue weighted by molar-refractivity contribution is -0.133. The normalized spacial score (nSPS) is 18.0. The number of amides is 1. The lowest BCUT2D eigenvalue weighted by Gasteiger charge is -2.20. The SMILES string of the molecule is CN=C(NCc1oc2ccccc2c1C)NC1CCN(C(=O)C(C)C)C1. The highest BCUT2D eigenvalue weighted by Gasteiger charge is 2.28. The molecule has 1 saturated heterocycles. The van der Waals surface area contributed by atoms with Gasteiger partial charge in [-0.3, -0.25) is 9.79 Å². The summed E-state index contributed by atoms with van der Waals surface area (Å²) < 4.78 is 5.94. The summed E-state index contributed by atoms with van der Waals surface area (Å²) in [5, 5.41) is 7.88. The number of fused-ring (bicyclic) bond motifs is 1. The Morgan fingerprint density at radius 2 is 2.15 bits per heavy atom. The number of benzene rings is 1. The summed E-state index contributed by atoms with van der Waals surface area (Å²) in [6.45, 7) is 8.06. The second-order valence-corrected chi connectivity index (χ2v) is 7.14. The molecule has 1 fully saturated rings. The van der Waals surface area contributed by atoms with Crippen LogP contribution in [0.5, 0.6) is 0 Å². The predicted octanol–water partition coefficient (Wildman–Crippen LogP) is 2.66. The van der Waals surface area contributed by atoms with Gasteiger partial charge in [0, 0.05) is 43.0 Å². The van der Waals surface area contributed by atoms with Gasteiger partial charge in [0.25, 0.3) is 0 Å². The van der Waals surface area contributed by atoms with Crippen molar-refractivity contribution in [3.8, 4) is 0 Å². The Bertz CT molecular complexity index is 809. The standard InChI is InChI=1S/C20H28N4O2/c1-13(2)19(25)24-10-9-15(12-24)23-20(21-4)22-11-18-14(3)16-7-5-6-8-17(16)26-18/h5-8,13,15H,9-12H2,1-4H3,(H2,21,22,23). The molecule has 0 saturated carbocycles. The van der Waals surface area contributed by atoms with Crippen LogP contribution >= 0.6 is 0 Å². The molecule has 2 aromatic rings. The third-order valence-corrected chi connectivity index (χ3v) is 4.92. The third kappa shape index (κ3) is 3.84. The van der Waals surface area contributed by atoms with E-state index in [1.165, 1.54) is 0 Å².